The summed E-state index contributed by atoms with van der Waals surface area (Å²) in [4.78, 5) is 24.0. The van der Waals surface area contributed by atoms with E-state index < -0.39 is 39.1 Å². The van der Waals surface area contributed by atoms with Crippen LogP contribution < -0.4 is 9.46 Å². The van der Waals surface area contributed by atoms with Gasteiger partial charge < -0.3 is 13.9 Å². The fourth-order valence-corrected chi connectivity index (χ4v) is 4.27. The maximum Gasteiger partial charge on any atom is 0.338 e. The minimum Gasteiger partial charge on any atom is -0.497 e. The lowest BCUT2D eigenvalue weighted by atomic mass is 10.2. The molecule has 0 bridgehead atoms. The molecule has 0 unspecified atom stereocenters. The molecule has 1 aromatic heterocycles. The van der Waals surface area contributed by atoms with E-state index >= 15 is 0 Å². The van der Waals surface area contributed by atoms with Crippen molar-refractivity contribution < 1.29 is 36.3 Å². The number of fused-ring (bicyclic) bond motifs is 1. The third-order valence-corrected chi connectivity index (χ3v) is 6.23. The number of rotatable bonds is 8. The minimum atomic E-state index is -4.36. The standard InChI is InChI=1S/C24H18FNO7S/c1-31-18-9-7-17(8-10-18)26-34(29,30)23-13-16(6-11-19(23)25)24(28)32-14-20(27)22-12-15-4-2-3-5-21(15)33-22/h2-13,26H,14H2,1H3. The second kappa shape index (κ2) is 9.36. The van der Waals surface area contributed by atoms with Crippen LogP contribution >= 0.6 is 0 Å². The number of furan rings is 1. The molecule has 10 heteroatoms. The molecule has 0 aliphatic rings. The summed E-state index contributed by atoms with van der Waals surface area (Å²) in [6.45, 7) is -0.637. The molecule has 4 rings (SSSR count). The summed E-state index contributed by atoms with van der Waals surface area (Å²) in [7, 11) is -2.90. The van der Waals surface area contributed by atoms with E-state index in [4.69, 9.17) is 13.9 Å². The van der Waals surface area contributed by atoms with E-state index in [-0.39, 0.29) is 17.0 Å². The van der Waals surface area contributed by atoms with Crippen LogP contribution in [0.15, 0.2) is 82.1 Å². The minimum absolute atomic E-state index is 0.0139. The zero-order chi connectivity index (χ0) is 24.3. The fraction of sp³-hybridized carbons (Fsp3) is 0.0833. The smallest absolute Gasteiger partial charge is 0.338 e. The van der Waals surface area contributed by atoms with Crippen LogP contribution in [0, 0.1) is 5.82 Å². The number of nitrogens with one attached hydrogen (secondary N) is 1. The van der Waals surface area contributed by atoms with Crippen LogP contribution in [0.4, 0.5) is 10.1 Å². The van der Waals surface area contributed by atoms with Gasteiger partial charge in [-0.15, -0.1) is 0 Å². The Morgan fingerprint density at radius 2 is 1.74 bits per heavy atom. The fourth-order valence-electron chi connectivity index (χ4n) is 3.11. The number of para-hydroxylation sites is 1. The molecule has 1 N–H and O–H groups in total. The van der Waals surface area contributed by atoms with Gasteiger partial charge in [0, 0.05) is 11.1 Å². The van der Waals surface area contributed by atoms with Gasteiger partial charge in [-0.1, -0.05) is 18.2 Å². The monoisotopic (exact) mass is 483 g/mol. The maximum absolute atomic E-state index is 14.3. The average molecular weight is 483 g/mol. The van der Waals surface area contributed by atoms with Crippen LogP contribution in [0.1, 0.15) is 20.9 Å². The number of sulfonamides is 1. The van der Waals surface area contributed by atoms with Gasteiger partial charge in [-0.2, -0.15) is 0 Å². The van der Waals surface area contributed by atoms with Crippen molar-refractivity contribution >= 4 is 38.4 Å². The Bertz CT molecular complexity index is 1440. The summed E-state index contributed by atoms with van der Waals surface area (Å²) < 4.78 is 57.4. The first-order chi connectivity index (χ1) is 16.3. The Hall–Kier alpha value is -4.18. The quantitative estimate of drug-likeness (QED) is 0.292. The van der Waals surface area contributed by atoms with Crippen molar-refractivity contribution in [3.8, 4) is 5.75 Å². The van der Waals surface area contributed by atoms with Crippen molar-refractivity contribution in [3.63, 3.8) is 0 Å². The van der Waals surface area contributed by atoms with Crippen LogP contribution in [0.5, 0.6) is 5.75 Å². The highest BCUT2D eigenvalue weighted by molar-refractivity contribution is 7.92. The van der Waals surface area contributed by atoms with Crippen LogP contribution in [-0.2, 0) is 14.8 Å². The first-order valence-electron chi connectivity index (χ1n) is 9.92. The lowest BCUT2D eigenvalue weighted by Crippen LogP contribution is -2.17. The number of halogens is 1. The number of carbonyl (C=O) groups is 2. The molecular formula is C24H18FNO7S. The van der Waals surface area contributed by atoms with E-state index in [1.807, 2.05) is 0 Å². The second-order valence-corrected chi connectivity index (χ2v) is 8.78. The number of esters is 1. The van der Waals surface area contributed by atoms with Crippen LogP contribution in [0.25, 0.3) is 11.0 Å². The van der Waals surface area contributed by atoms with E-state index in [1.54, 1.807) is 24.3 Å². The number of anilines is 1. The second-order valence-electron chi connectivity index (χ2n) is 7.13. The molecule has 0 saturated heterocycles. The number of ether oxygens (including phenoxy) is 2. The van der Waals surface area contributed by atoms with Gasteiger partial charge in [0.2, 0.25) is 5.78 Å². The highest BCUT2D eigenvalue weighted by atomic mass is 32.2. The van der Waals surface area contributed by atoms with Crippen molar-refractivity contribution in [3.05, 3.63) is 89.9 Å². The summed E-state index contributed by atoms with van der Waals surface area (Å²) in [6.07, 6.45) is 0. The van der Waals surface area contributed by atoms with Gasteiger partial charge >= 0.3 is 5.97 Å². The normalized spacial score (nSPS) is 11.2. The van der Waals surface area contributed by atoms with Crippen molar-refractivity contribution in [1.29, 1.82) is 0 Å². The molecule has 0 aliphatic carbocycles. The van der Waals surface area contributed by atoms with Gasteiger partial charge in [-0.3, -0.25) is 9.52 Å². The molecule has 0 radical (unpaired) electrons. The lowest BCUT2D eigenvalue weighted by molar-refractivity contribution is 0.0468. The van der Waals surface area contributed by atoms with Crippen molar-refractivity contribution in [2.45, 2.75) is 4.90 Å². The van der Waals surface area contributed by atoms with Gasteiger partial charge in [0.05, 0.1) is 12.7 Å². The predicted molar refractivity (Wildman–Crippen MR) is 121 cm³/mol. The van der Waals surface area contributed by atoms with E-state index in [9.17, 15) is 22.4 Å². The van der Waals surface area contributed by atoms with Crippen LogP contribution in [-0.4, -0.2) is 33.9 Å². The summed E-state index contributed by atoms with van der Waals surface area (Å²) in [5, 5.41) is 0.718. The van der Waals surface area contributed by atoms with Gasteiger partial charge in [0.15, 0.2) is 12.4 Å². The highest BCUT2D eigenvalue weighted by Gasteiger charge is 2.23. The SMILES string of the molecule is COc1ccc(NS(=O)(=O)c2cc(C(=O)OCC(=O)c3cc4ccccc4o3)ccc2F)cc1. The molecule has 0 saturated carbocycles. The first-order valence-corrected chi connectivity index (χ1v) is 11.4. The Kier molecular flexibility index (Phi) is 6.33. The third kappa shape index (κ3) is 4.91. The summed E-state index contributed by atoms with van der Waals surface area (Å²) in [6, 6.07) is 17.2. The van der Waals surface area contributed by atoms with Gasteiger partial charge in [0.1, 0.15) is 22.0 Å². The highest BCUT2D eigenvalue weighted by Crippen LogP contribution is 2.23. The molecule has 0 amide bonds. The largest absolute Gasteiger partial charge is 0.497 e. The lowest BCUT2D eigenvalue weighted by Gasteiger charge is -2.11. The molecule has 0 aliphatic heterocycles. The molecule has 0 atom stereocenters. The molecule has 174 valence electrons. The summed E-state index contributed by atoms with van der Waals surface area (Å²) >= 11 is 0. The van der Waals surface area contributed by atoms with Crippen LogP contribution in [0.3, 0.4) is 0 Å². The number of benzene rings is 3. The zero-order valence-electron chi connectivity index (χ0n) is 17.8. The molecule has 0 fully saturated rings. The van der Waals surface area contributed by atoms with E-state index in [0.717, 1.165) is 23.6 Å². The average Bonchev–Trinajstić information content (AvgIpc) is 3.27. The maximum atomic E-state index is 14.3. The molecule has 34 heavy (non-hydrogen) atoms. The van der Waals surface area contributed by atoms with Crippen molar-refractivity contribution in [2.24, 2.45) is 0 Å². The van der Waals surface area contributed by atoms with Crippen molar-refractivity contribution in [2.75, 3.05) is 18.4 Å². The number of hydrogen-bond donors (Lipinski definition) is 1. The number of Topliss-reactive ketones (excluding diaryl/α,β-unsaturated/α-hetero) is 1. The Balaban J connectivity index is 1.47. The molecule has 0 spiro atoms. The van der Waals surface area contributed by atoms with Crippen molar-refractivity contribution in [1.82, 2.24) is 0 Å². The molecule has 4 aromatic rings. The zero-order valence-corrected chi connectivity index (χ0v) is 18.6. The molecule has 1 heterocycles. The van der Waals surface area contributed by atoms with E-state index in [1.165, 1.54) is 37.4 Å². The Morgan fingerprint density at radius 3 is 2.44 bits per heavy atom. The molecule has 3 aromatic carbocycles. The summed E-state index contributed by atoms with van der Waals surface area (Å²) in [5.41, 5.74) is 0.438. The first kappa shape index (κ1) is 23.0. The molecule has 8 nitrogen and oxygen atoms in total. The number of methoxy groups -OCH3 is 1. The number of carbonyl (C=O) groups excluding carboxylic acids is 2. The van der Waals surface area contributed by atoms with E-state index in [2.05, 4.69) is 4.72 Å². The predicted octanol–water partition coefficient (Wildman–Crippen LogP) is 4.42. The molecular weight excluding hydrogens is 465 g/mol. The van der Waals surface area contributed by atoms with Crippen LogP contribution in [0.2, 0.25) is 0 Å². The van der Waals surface area contributed by atoms with Gasteiger partial charge in [-0.05, 0) is 54.6 Å². The third-order valence-electron chi connectivity index (χ3n) is 4.83. The number of hydrogen-bond acceptors (Lipinski definition) is 7. The Morgan fingerprint density at radius 1 is 1.00 bits per heavy atom. The van der Waals surface area contributed by atoms with Gasteiger partial charge in [0.25, 0.3) is 10.0 Å². The topological polar surface area (TPSA) is 112 Å². The van der Waals surface area contributed by atoms with Gasteiger partial charge in [-0.25, -0.2) is 17.6 Å². The summed E-state index contributed by atoms with van der Waals surface area (Å²) in [5.74, 6) is -2.11. The van der Waals surface area contributed by atoms with E-state index in [0.29, 0.717) is 11.3 Å². The number of ketones is 1. The Labute approximate surface area is 194 Å².